The van der Waals surface area contributed by atoms with Gasteiger partial charge in [0.1, 0.15) is 5.75 Å². The number of ether oxygens (including phenoxy) is 1. The van der Waals surface area contributed by atoms with Crippen LogP contribution in [0.25, 0.3) is 11.2 Å². The Hall–Kier alpha value is -2.76. The van der Waals surface area contributed by atoms with E-state index in [1.54, 1.807) is 32.1 Å². The van der Waals surface area contributed by atoms with Gasteiger partial charge >= 0.3 is 5.69 Å². The van der Waals surface area contributed by atoms with Crippen molar-refractivity contribution in [1.82, 2.24) is 28.5 Å². The molecule has 1 fully saturated rings. The molecule has 2 aromatic heterocycles. The van der Waals surface area contributed by atoms with E-state index in [2.05, 4.69) is 14.8 Å². The summed E-state index contributed by atoms with van der Waals surface area (Å²) in [7, 11) is 4.05. The summed E-state index contributed by atoms with van der Waals surface area (Å²) in [4.78, 5) is 35.3. The number of hydrogen-bond acceptors (Lipinski definition) is 7. The molecule has 0 bridgehead atoms. The molecule has 0 saturated carbocycles. The zero-order valence-corrected chi connectivity index (χ0v) is 21.5. The lowest BCUT2D eigenvalue weighted by Gasteiger charge is -2.34. The van der Waals surface area contributed by atoms with Crippen LogP contribution in [0.5, 0.6) is 5.75 Å². The molecular weight excluding hydrogens is 468 g/mol. The minimum atomic E-state index is -0.994. The van der Waals surface area contributed by atoms with Crippen LogP contribution in [0, 0.1) is 0 Å². The average molecular weight is 503 g/mol. The van der Waals surface area contributed by atoms with Gasteiger partial charge in [0.25, 0.3) is 5.56 Å². The summed E-state index contributed by atoms with van der Waals surface area (Å²) in [5, 5.41) is 0. The SMILES string of the molecule is COc1ccc(S(=O)CCCN2CCN(CCCn3c(=O)c4c(ncn4C)n(C)c3=O)CC2)cc1. The fraction of sp³-hybridized carbons (Fsp3) is 0.542. The van der Waals surface area contributed by atoms with E-state index < -0.39 is 10.8 Å². The molecule has 0 N–H and O–H groups in total. The van der Waals surface area contributed by atoms with Crippen LogP contribution in [-0.4, -0.2) is 84.8 Å². The number of aryl methyl sites for hydroxylation is 2. The fourth-order valence-corrected chi connectivity index (χ4v) is 5.61. The molecule has 0 amide bonds. The predicted octanol–water partition coefficient (Wildman–Crippen LogP) is 0.648. The summed E-state index contributed by atoms with van der Waals surface area (Å²) in [6, 6.07) is 7.43. The van der Waals surface area contributed by atoms with E-state index in [9.17, 15) is 13.8 Å². The average Bonchev–Trinajstić information content (AvgIpc) is 3.27. The predicted molar refractivity (Wildman–Crippen MR) is 137 cm³/mol. The first kappa shape index (κ1) is 25.3. The third-order valence-corrected chi connectivity index (χ3v) is 8.11. The molecule has 1 atom stereocenters. The van der Waals surface area contributed by atoms with Crippen LogP contribution in [0.4, 0.5) is 0 Å². The fourth-order valence-electron chi connectivity index (χ4n) is 4.55. The Kier molecular flexibility index (Phi) is 8.19. The number of benzene rings is 1. The molecule has 1 unspecified atom stereocenters. The van der Waals surface area contributed by atoms with Crippen LogP contribution in [0.2, 0.25) is 0 Å². The summed E-state index contributed by atoms with van der Waals surface area (Å²) in [5.74, 6) is 1.42. The molecule has 0 radical (unpaired) electrons. The second-order valence-electron chi connectivity index (χ2n) is 8.94. The highest BCUT2D eigenvalue weighted by Crippen LogP contribution is 2.15. The molecule has 190 valence electrons. The maximum absolute atomic E-state index is 12.8. The highest BCUT2D eigenvalue weighted by Gasteiger charge is 2.18. The summed E-state index contributed by atoms with van der Waals surface area (Å²) in [6.45, 7) is 6.02. The molecule has 1 aliphatic heterocycles. The Morgan fingerprint density at radius 3 is 2.20 bits per heavy atom. The molecular formula is C24H34N6O4S. The van der Waals surface area contributed by atoms with E-state index >= 15 is 0 Å². The molecule has 4 rings (SSSR count). The van der Waals surface area contributed by atoms with Gasteiger partial charge in [0.05, 0.1) is 24.2 Å². The normalized spacial score (nSPS) is 16.1. The lowest BCUT2D eigenvalue weighted by atomic mass is 10.2. The molecule has 0 aliphatic carbocycles. The topological polar surface area (TPSA) is 94.6 Å². The summed E-state index contributed by atoms with van der Waals surface area (Å²) < 4.78 is 22.1. The number of methoxy groups -OCH3 is 1. The van der Waals surface area contributed by atoms with Gasteiger partial charge in [-0.1, -0.05) is 0 Å². The Bertz CT molecular complexity index is 1290. The van der Waals surface area contributed by atoms with E-state index in [0.717, 1.165) is 62.8 Å². The van der Waals surface area contributed by atoms with Crippen molar-refractivity contribution in [3.05, 3.63) is 51.4 Å². The Morgan fingerprint density at radius 2 is 1.57 bits per heavy atom. The number of fused-ring (bicyclic) bond motifs is 1. The van der Waals surface area contributed by atoms with Gasteiger partial charge < -0.3 is 19.1 Å². The number of rotatable bonds is 10. The lowest BCUT2D eigenvalue weighted by molar-refractivity contribution is 0.130. The first-order chi connectivity index (χ1) is 16.9. The lowest BCUT2D eigenvalue weighted by Crippen LogP contribution is -2.47. The maximum atomic E-state index is 12.8. The van der Waals surface area contributed by atoms with Crippen molar-refractivity contribution in [3.63, 3.8) is 0 Å². The first-order valence-electron chi connectivity index (χ1n) is 12.0. The standard InChI is InChI=1S/C24H34N6O4S/c1-26-18-25-22-21(26)23(31)30(24(32)27(22)2)12-4-10-28-13-15-29(16-14-28)11-5-17-35(33)20-8-6-19(34-3)7-9-20/h6-9,18H,4-5,10-17H2,1-3H3. The Morgan fingerprint density at radius 1 is 0.943 bits per heavy atom. The minimum absolute atomic E-state index is 0.278. The van der Waals surface area contributed by atoms with Gasteiger partial charge in [0.15, 0.2) is 11.2 Å². The zero-order chi connectivity index (χ0) is 24.9. The third-order valence-electron chi connectivity index (χ3n) is 6.65. The number of piperazine rings is 1. The largest absolute Gasteiger partial charge is 0.497 e. The van der Waals surface area contributed by atoms with Gasteiger partial charge in [0.2, 0.25) is 0 Å². The van der Waals surface area contributed by atoms with E-state index in [1.165, 1.54) is 9.13 Å². The van der Waals surface area contributed by atoms with Gasteiger partial charge in [-0.05, 0) is 50.2 Å². The molecule has 11 heteroatoms. The summed E-state index contributed by atoms with van der Waals surface area (Å²) in [5.41, 5.74) is 0.273. The number of hydrogen-bond donors (Lipinski definition) is 0. The van der Waals surface area contributed by atoms with E-state index in [-0.39, 0.29) is 11.2 Å². The molecule has 3 heterocycles. The van der Waals surface area contributed by atoms with Crippen molar-refractivity contribution < 1.29 is 8.95 Å². The molecule has 10 nitrogen and oxygen atoms in total. The Balaban J connectivity index is 1.20. The zero-order valence-electron chi connectivity index (χ0n) is 20.7. The van der Waals surface area contributed by atoms with Gasteiger partial charge in [0, 0.05) is 57.5 Å². The van der Waals surface area contributed by atoms with Crippen molar-refractivity contribution in [2.24, 2.45) is 14.1 Å². The second-order valence-corrected chi connectivity index (χ2v) is 10.5. The highest BCUT2D eigenvalue weighted by atomic mass is 32.2. The van der Waals surface area contributed by atoms with Gasteiger partial charge in [-0.25, -0.2) is 9.78 Å². The van der Waals surface area contributed by atoms with Crippen LogP contribution >= 0.6 is 0 Å². The van der Waals surface area contributed by atoms with Crippen molar-refractivity contribution in [2.75, 3.05) is 52.1 Å². The van der Waals surface area contributed by atoms with Crippen molar-refractivity contribution in [1.29, 1.82) is 0 Å². The van der Waals surface area contributed by atoms with E-state index in [1.807, 2.05) is 24.3 Å². The van der Waals surface area contributed by atoms with Crippen molar-refractivity contribution in [2.45, 2.75) is 24.3 Å². The molecule has 0 spiro atoms. The van der Waals surface area contributed by atoms with Crippen LogP contribution in [-0.2, 0) is 31.4 Å². The van der Waals surface area contributed by atoms with Crippen LogP contribution in [0.3, 0.4) is 0 Å². The van der Waals surface area contributed by atoms with Gasteiger partial charge in [-0.3, -0.25) is 18.1 Å². The summed E-state index contributed by atoms with van der Waals surface area (Å²) in [6.07, 6.45) is 3.19. The molecule has 1 aliphatic rings. The molecule has 1 saturated heterocycles. The molecule has 35 heavy (non-hydrogen) atoms. The number of aromatic nitrogens is 4. The Labute approximate surface area is 207 Å². The van der Waals surface area contributed by atoms with Gasteiger partial charge in [-0.15, -0.1) is 0 Å². The van der Waals surface area contributed by atoms with Crippen molar-refractivity contribution >= 4 is 22.0 Å². The molecule has 3 aromatic rings. The van der Waals surface area contributed by atoms with Crippen LogP contribution < -0.4 is 16.0 Å². The van der Waals surface area contributed by atoms with E-state index in [0.29, 0.717) is 23.5 Å². The van der Waals surface area contributed by atoms with Crippen LogP contribution in [0.1, 0.15) is 12.8 Å². The van der Waals surface area contributed by atoms with E-state index in [4.69, 9.17) is 4.74 Å². The smallest absolute Gasteiger partial charge is 0.332 e. The maximum Gasteiger partial charge on any atom is 0.332 e. The third kappa shape index (κ3) is 5.74. The van der Waals surface area contributed by atoms with Crippen molar-refractivity contribution in [3.8, 4) is 5.75 Å². The quantitative estimate of drug-likeness (QED) is 0.402. The number of nitrogens with zero attached hydrogens (tertiary/aromatic N) is 6. The second kappa shape index (κ2) is 11.3. The highest BCUT2D eigenvalue weighted by molar-refractivity contribution is 7.85. The monoisotopic (exact) mass is 502 g/mol. The minimum Gasteiger partial charge on any atom is -0.497 e. The number of imidazole rings is 1. The first-order valence-corrected chi connectivity index (χ1v) is 13.3. The van der Waals surface area contributed by atoms with Gasteiger partial charge in [-0.2, -0.15) is 0 Å². The summed E-state index contributed by atoms with van der Waals surface area (Å²) >= 11 is 0. The molecule has 1 aromatic carbocycles. The van der Waals surface area contributed by atoms with Crippen LogP contribution in [0.15, 0.2) is 45.1 Å².